The highest BCUT2D eigenvalue weighted by atomic mass is 27.0. The predicted molar refractivity (Wildman–Crippen MR) is 67.0 cm³/mol. The van der Waals surface area contributed by atoms with Gasteiger partial charge in [0.2, 0.25) is 0 Å². The van der Waals surface area contributed by atoms with E-state index in [0.29, 0.717) is 0 Å². The maximum absolute atomic E-state index is 11.0. The third kappa shape index (κ3) is 4.62. The van der Waals surface area contributed by atoms with Crippen molar-refractivity contribution in [2.75, 3.05) is 0 Å². The summed E-state index contributed by atoms with van der Waals surface area (Å²) in [6.45, 7) is 6.49. The van der Waals surface area contributed by atoms with Crippen LogP contribution in [0.15, 0.2) is 24.3 Å². The lowest BCUT2D eigenvalue weighted by Gasteiger charge is -2.18. The minimum absolute atomic E-state index is 0. The first-order valence-electron chi connectivity index (χ1n) is 4.38. The minimum atomic E-state index is 0. The van der Waals surface area contributed by atoms with Gasteiger partial charge < -0.3 is 10.3 Å². The Balaban J connectivity index is 0. The van der Waals surface area contributed by atoms with E-state index in [0.717, 1.165) is 5.56 Å². The lowest BCUT2D eigenvalue weighted by Crippen LogP contribution is -2.11. The van der Waals surface area contributed by atoms with Crippen LogP contribution in [0.25, 0.3) is 0 Å². The standard InChI is InChI=1S/C11H13O.CH4.Al.H2O.H/c1-11(2,3)10-6-4-9(8-12)5-7-10;;;;/h4-7H,1-3H3;1H4;;1H2;. The van der Waals surface area contributed by atoms with Crippen LogP contribution in [0, 0.1) is 0 Å². The Kier molecular flexibility index (Phi) is 6.80. The summed E-state index contributed by atoms with van der Waals surface area (Å²) in [5, 5.41) is 0. The molecule has 0 atom stereocenters. The molecule has 0 unspecified atom stereocenters. The Morgan fingerprint density at radius 3 is 1.80 bits per heavy atom. The number of rotatable bonds is 1. The molecule has 0 amide bonds. The molecule has 2 N–H and O–H groups in total. The molecule has 0 aromatic heterocycles. The van der Waals surface area contributed by atoms with E-state index < -0.39 is 0 Å². The summed E-state index contributed by atoms with van der Waals surface area (Å²) < 4.78 is 0.153. The smallest absolute Gasteiger partial charge is 0.295 e. The molecule has 0 bridgehead atoms. The first-order chi connectivity index (χ1) is 5.91. The molecular formula is C12H20AlO2. The Labute approximate surface area is 100 Å². The normalized spacial score (nSPS) is 9.80. The second-order valence-electron chi connectivity index (χ2n) is 4.25. The van der Waals surface area contributed by atoms with Gasteiger partial charge in [-0.1, -0.05) is 52.5 Å². The molecular weight excluding hydrogens is 203 g/mol. The molecule has 0 saturated carbocycles. The van der Waals surface area contributed by atoms with Crippen molar-refractivity contribution in [3.05, 3.63) is 35.4 Å². The molecule has 2 nitrogen and oxygen atoms in total. The van der Waals surface area contributed by atoms with Crippen LogP contribution in [-0.2, 0) is 5.41 Å². The number of carbonyl (C=O) groups excluding carboxylic acids is 1. The predicted octanol–water partition coefficient (Wildman–Crippen LogP) is 1.84. The summed E-state index contributed by atoms with van der Waals surface area (Å²) in [7, 11) is 0. The zero-order valence-corrected chi connectivity index (χ0v) is 10.3. The summed E-state index contributed by atoms with van der Waals surface area (Å²) in [6, 6.07) is 7.86. The summed E-state index contributed by atoms with van der Waals surface area (Å²) in [5.41, 5.74) is 2.23. The Morgan fingerprint density at radius 1 is 1.13 bits per heavy atom. The van der Waals surface area contributed by atoms with Gasteiger partial charge in [-0.25, -0.2) is 0 Å². The summed E-state index contributed by atoms with van der Waals surface area (Å²) in [6.07, 6.45) is 0. The van der Waals surface area contributed by atoms with Gasteiger partial charge in [0.25, 0.3) is 16.3 Å². The van der Waals surface area contributed by atoms with Crippen molar-refractivity contribution in [3.8, 4) is 0 Å². The number of hydrogen-bond donors (Lipinski definition) is 0. The van der Waals surface area contributed by atoms with Crippen LogP contribution in [-0.4, -0.2) is 26.4 Å². The maximum Gasteiger partial charge on any atom is 0.295 e. The lowest BCUT2D eigenvalue weighted by atomic mass is 9.87. The molecule has 83 valence electrons. The number of carbonyl (C=O) groups is 1. The molecule has 0 spiro atoms. The first-order valence-corrected chi connectivity index (χ1v) is 5.09. The zero-order chi connectivity index (χ0) is 10.1. The summed E-state index contributed by atoms with van der Waals surface area (Å²) >= 11 is 1.39. The van der Waals surface area contributed by atoms with E-state index in [9.17, 15) is 4.79 Å². The molecule has 0 fully saturated rings. The van der Waals surface area contributed by atoms with Gasteiger partial charge in [0.1, 0.15) is 0 Å². The van der Waals surface area contributed by atoms with Gasteiger partial charge in [0.05, 0.1) is 4.65 Å². The van der Waals surface area contributed by atoms with E-state index >= 15 is 0 Å². The lowest BCUT2D eigenvalue weighted by molar-refractivity contribution is 0.108. The molecule has 1 rings (SSSR count). The molecule has 1 radical (unpaired) electrons. The van der Waals surface area contributed by atoms with E-state index in [-0.39, 0.29) is 23.0 Å². The van der Waals surface area contributed by atoms with E-state index in [2.05, 4.69) is 20.8 Å². The highest BCUT2D eigenvalue weighted by Crippen LogP contribution is 2.21. The van der Waals surface area contributed by atoms with Crippen LogP contribution in [0.5, 0.6) is 0 Å². The SMILES string of the molecule is C.CC(C)(C)c1ccc([C](=O)[AlH])cc1.O. The molecule has 3 heteroatoms. The highest BCUT2D eigenvalue weighted by molar-refractivity contribution is 6.62. The highest BCUT2D eigenvalue weighted by Gasteiger charge is 2.12. The van der Waals surface area contributed by atoms with Crippen LogP contribution >= 0.6 is 0 Å². The van der Waals surface area contributed by atoms with Crippen molar-refractivity contribution in [1.29, 1.82) is 0 Å². The monoisotopic (exact) mass is 223 g/mol. The molecule has 0 aliphatic rings. The third-order valence-corrected chi connectivity index (χ3v) is 2.48. The fraction of sp³-hybridized carbons (Fsp3) is 0.417. The largest absolute Gasteiger partial charge is 0.412 e. The van der Waals surface area contributed by atoms with Crippen LogP contribution in [0.3, 0.4) is 0 Å². The van der Waals surface area contributed by atoms with Gasteiger partial charge in [0, 0.05) is 0 Å². The van der Waals surface area contributed by atoms with Crippen LogP contribution in [0.4, 0.5) is 0 Å². The van der Waals surface area contributed by atoms with Gasteiger partial charge in [-0.05, 0) is 16.5 Å². The van der Waals surface area contributed by atoms with Gasteiger partial charge in [-0.2, -0.15) is 0 Å². The molecule has 0 aliphatic carbocycles. The molecule has 0 heterocycles. The summed E-state index contributed by atoms with van der Waals surface area (Å²) in [4.78, 5) is 11.0. The zero-order valence-electron chi connectivity index (χ0n) is 8.92. The van der Waals surface area contributed by atoms with E-state index in [1.165, 1.54) is 21.9 Å². The van der Waals surface area contributed by atoms with Crippen molar-refractivity contribution in [3.63, 3.8) is 0 Å². The number of benzene rings is 1. The van der Waals surface area contributed by atoms with Gasteiger partial charge >= 0.3 is 0 Å². The minimum Gasteiger partial charge on any atom is -0.412 e. The molecule has 0 aliphatic heterocycles. The Bertz CT molecular complexity index is 309. The van der Waals surface area contributed by atoms with Gasteiger partial charge in [-0.3, -0.25) is 0 Å². The van der Waals surface area contributed by atoms with Crippen molar-refractivity contribution >= 4 is 20.9 Å². The summed E-state index contributed by atoms with van der Waals surface area (Å²) in [5.74, 6) is 0. The fourth-order valence-corrected chi connectivity index (χ4v) is 1.39. The van der Waals surface area contributed by atoms with Crippen LogP contribution in [0.1, 0.15) is 44.1 Å². The van der Waals surface area contributed by atoms with Gasteiger partial charge in [0.15, 0.2) is 0 Å². The molecule has 15 heavy (non-hydrogen) atoms. The van der Waals surface area contributed by atoms with Gasteiger partial charge in [-0.15, -0.1) is 0 Å². The molecule has 1 aromatic carbocycles. The third-order valence-electron chi connectivity index (χ3n) is 2.07. The molecule has 0 saturated heterocycles. The average Bonchev–Trinajstić information content (AvgIpc) is 2.03. The fourth-order valence-electron chi connectivity index (χ4n) is 1.16. The van der Waals surface area contributed by atoms with Crippen molar-refractivity contribution in [2.45, 2.75) is 33.6 Å². The maximum atomic E-state index is 11.0. The Morgan fingerprint density at radius 2 is 1.53 bits per heavy atom. The van der Waals surface area contributed by atoms with Crippen LogP contribution in [0.2, 0.25) is 0 Å². The van der Waals surface area contributed by atoms with E-state index in [4.69, 9.17) is 0 Å². The molecule has 1 aromatic rings. The van der Waals surface area contributed by atoms with Crippen molar-refractivity contribution < 1.29 is 10.3 Å². The Hall–Kier alpha value is -0.618. The second kappa shape index (κ2) is 6.07. The van der Waals surface area contributed by atoms with E-state index in [1.807, 2.05) is 24.3 Å². The second-order valence-corrected chi connectivity index (χ2v) is 4.89. The van der Waals surface area contributed by atoms with Crippen LogP contribution < -0.4 is 0 Å². The first kappa shape index (κ1) is 16.8. The average molecular weight is 223 g/mol. The quantitative estimate of drug-likeness (QED) is 0.670. The number of hydrogen-bond acceptors (Lipinski definition) is 1. The topological polar surface area (TPSA) is 48.6 Å². The van der Waals surface area contributed by atoms with E-state index in [1.54, 1.807) is 0 Å². The van der Waals surface area contributed by atoms with Crippen molar-refractivity contribution in [2.24, 2.45) is 0 Å². The van der Waals surface area contributed by atoms with Crippen molar-refractivity contribution in [1.82, 2.24) is 0 Å².